The molecular weight excluding hydrogens is 385 g/mol. The molecule has 0 aromatic carbocycles. The van der Waals surface area contributed by atoms with Crippen LogP contribution in [0.2, 0.25) is 0 Å². The van der Waals surface area contributed by atoms with Crippen molar-refractivity contribution in [2.24, 2.45) is 0 Å². The maximum Gasteiger partial charge on any atom is 0 e. The second-order valence-electron chi connectivity index (χ2n) is 0. The predicted molar refractivity (Wildman–Crippen MR) is 18.5 cm³/mol. The van der Waals surface area contributed by atoms with E-state index < -0.39 is 0 Å². The van der Waals surface area contributed by atoms with Crippen molar-refractivity contribution in [2.75, 3.05) is 0 Å². The first-order chi connectivity index (χ1) is 0. The van der Waals surface area contributed by atoms with E-state index in [1.807, 2.05) is 0 Å². The summed E-state index contributed by atoms with van der Waals surface area (Å²) in [6.45, 7) is 0. The van der Waals surface area contributed by atoms with Crippen LogP contribution in [0.15, 0.2) is 0 Å². The number of hydrogen-bond donors (Lipinski definition) is 0. The molecule has 0 aliphatic rings. The van der Waals surface area contributed by atoms with Crippen molar-refractivity contribution >= 4 is 41.3 Å². The van der Waals surface area contributed by atoms with E-state index in [4.69, 9.17) is 0 Å². The van der Waals surface area contributed by atoms with Gasteiger partial charge in [0.05, 0.1) is 0 Å². The number of hydrogen-bond acceptors (Lipinski definition) is 0. The van der Waals surface area contributed by atoms with Crippen LogP contribution in [0, 0.1) is 0 Å². The van der Waals surface area contributed by atoms with E-state index >= 15 is 0 Å². The van der Waals surface area contributed by atoms with Crippen LogP contribution >= 0.6 is 0 Å². The molecule has 5 heteroatoms. The van der Waals surface area contributed by atoms with E-state index in [0.717, 1.165) is 0 Å². The third-order valence-electron chi connectivity index (χ3n) is 0. The molecule has 0 saturated heterocycles. The molecular formula is H5AlCrMoSnZr. The summed E-state index contributed by atoms with van der Waals surface area (Å²) in [5.74, 6) is 0. The van der Waals surface area contributed by atoms with E-state index in [9.17, 15) is 0 Å². The van der Waals surface area contributed by atoms with E-state index in [0.29, 0.717) is 0 Å². The molecule has 0 aromatic rings. The van der Waals surface area contributed by atoms with Gasteiger partial charge in [0, 0.05) is 64.6 Å². The van der Waals surface area contributed by atoms with Crippen LogP contribution in [0.1, 0.15) is 0 Å². The van der Waals surface area contributed by atoms with Crippen LogP contribution in [0.25, 0.3) is 0 Å². The summed E-state index contributed by atoms with van der Waals surface area (Å²) in [7, 11) is 0. The van der Waals surface area contributed by atoms with E-state index in [2.05, 4.69) is 0 Å². The molecule has 0 amide bonds. The fourth-order valence-electron chi connectivity index (χ4n) is 0. The second kappa shape index (κ2) is 26.1. The van der Waals surface area contributed by atoms with Crippen LogP contribution in [0.4, 0.5) is 0 Å². The van der Waals surface area contributed by atoms with Crippen molar-refractivity contribution < 1.29 is 64.6 Å². The Morgan fingerprint density at radius 2 is 1.00 bits per heavy atom. The van der Waals surface area contributed by atoms with Gasteiger partial charge in [-0.3, -0.25) is 0 Å². The summed E-state index contributed by atoms with van der Waals surface area (Å²) in [5, 5.41) is 0. The topological polar surface area (TPSA) is 0 Å². The van der Waals surface area contributed by atoms with Crippen molar-refractivity contribution in [3.8, 4) is 0 Å². The Labute approximate surface area is 104 Å². The summed E-state index contributed by atoms with van der Waals surface area (Å²) < 4.78 is 0. The third-order valence-corrected chi connectivity index (χ3v) is 0. The van der Waals surface area contributed by atoms with Gasteiger partial charge in [0.25, 0.3) is 0 Å². The summed E-state index contributed by atoms with van der Waals surface area (Å²) in [4.78, 5) is 0. The molecule has 0 bridgehead atoms. The molecule has 0 nitrogen and oxygen atoms in total. The minimum Gasteiger partial charge on any atom is 0 e. The zero-order chi connectivity index (χ0) is 0. The molecule has 0 aromatic heterocycles. The quantitative estimate of drug-likeness (QED) is 0.416. The zero-order valence-electron chi connectivity index (χ0n) is 2.02. The van der Waals surface area contributed by atoms with E-state index in [-0.39, 0.29) is 106 Å². The Kier molecular flexibility index (Phi) is 206. The summed E-state index contributed by atoms with van der Waals surface area (Å²) in [6, 6.07) is 0. The van der Waals surface area contributed by atoms with Gasteiger partial charge in [-0.25, -0.2) is 0 Å². The minimum atomic E-state index is 0. The summed E-state index contributed by atoms with van der Waals surface area (Å²) in [5.41, 5.74) is 0. The van der Waals surface area contributed by atoms with Gasteiger partial charge in [0.15, 0.2) is 17.4 Å². The molecule has 0 fully saturated rings. The molecule has 0 saturated carbocycles. The summed E-state index contributed by atoms with van der Waals surface area (Å²) in [6.07, 6.45) is 0. The van der Waals surface area contributed by atoms with Gasteiger partial charge < -0.3 is 0 Å². The monoisotopic (exact) mass is 392 g/mol. The van der Waals surface area contributed by atoms with Crippen LogP contribution in [0.5, 0.6) is 0 Å². The Morgan fingerprint density at radius 1 is 1.00 bits per heavy atom. The van der Waals surface area contributed by atoms with Crippen molar-refractivity contribution in [2.45, 2.75) is 0 Å². The maximum absolute atomic E-state index is 0. The summed E-state index contributed by atoms with van der Waals surface area (Å²) >= 11 is 0. The first-order valence-corrected chi connectivity index (χ1v) is 0. The Morgan fingerprint density at radius 3 is 1.00 bits per heavy atom. The maximum atomic E-state index is 0. The van der Waals surface area contributed by atoms with Crippen molar-refractivity contribution in [3.63, 3.8) is 0 Å². The fourth-order valence-corrected chi connectivity index (χ4v) is 0. The van der Waals surface area contributed by atoms with Crippen LogP contribution in [0.3, 0.4) is 0 Å². The molecule has 5 heavy (non-hydrogen) atoms. The standard InChI is InChI=1S/Al.Cr.Mo.Sn.Zr.5H. The SMILES string of the molecule is [AlH3].[Cr].[Mo].[SnH2].[Zr]. The van der Waals surface area contributed by atoms with Gasteiger partial charge in [-0.05, 0) is 0 Å². The van der Waals surface area contributed by atoms with Crippen molar-refractivity contribution in [1.82, 2.24) is 0 Å². The molecule has 0 aliphatic heterocycles. The number of rotatable bonds is 0. The molecule has 0 rings (SSSR count). The second-order valence-corrected chi connectivity index (χ2v) is 0. The molecule has 0 atom stereocenters. The van der Waals surface area contributed by atoms with Crippen molar-refractivity contribution in [1.29, 1.82) is 0 Å². The van der Waals surface area contributed by atoms with Crippen LogP contribution in [-0.2, 0) is 64.6 Å². The molecule has 0 heterocycles. The van der Waals surface area contributed by atoms with Crippen LogP contribution < -0.4 is 0 Å². The van der Waals surface area contributed by atoms with Gasteiger partial charge in [0.2, 0.25) is 0 Å². The first kappa shape index (κ1) is 39.5. The Balaban J connectivity index is 0. The molecule has 0 aliphatic carbocycles. The molecule has 2 radical (unpaired) electrons. The Hall–Kier alpha value is 3.44. The van der Waals surface area contributed by atoms with Gasteiger partial charge >= 0.3 is 23.9 Å². The van der Waals surface area contributed by atoms with Gasteiger partial charge in [-0.15, -0.1) is 0 Å². The van der Waals surface area contributed by atoms with E-state index in [1.165, 1.54) is 0 Å². The minimum absolute atomic E-state index is 0. The Bertz CT molecular complexity index is 11.6. The predicted octanol–water partition coefficient (Wildman–Crippen LogP) is -2.11. The van der Waals surface area contributed by atoms with Gasteiger partial charge in [-0.1, -0.05) is 0 Å². The smallest absolute Gasteiger partial charge is 0 e. The first-order valence-electron chi connectivity index (χ1n) is 0. The van der Waals surface area contributed by atoms with Gasteiger partial charge in [-0.2, -0.15) is 0 Å². The average molecular weight is 390 g/mol. The molecule has 28 valence electrons. The molecule has 0 unspecified atom stereocenters. The van der Waals surface area contributed by atoms with Crippen LogP contribution in [-0.4, -0.2) is 41.3 Å². The molecule has 0 N–H and O–H groups in total. The molecule has 0 spiro atoms. The third kappa shape index (κ3) is 18.6. The van der Waals surface area contributed by atoms with E-state index in [1.54, 1.807) is 0 Å². The fraction of sp³-hybridized carbons (Fsp3) is 0. The normalized spacial score (nSPS) is 0. The largest absolute Gasteiger partial charge is 0 e. The zero-order valence-corrected chi connectivity index (χ0v) is 11.8. The van der Waals surface area contributed by atoms with Crippen molar-refractivity contribution in [3.05, 3.63) is 0 Å². The average Bonchev–Trinajstić information content (AvgIpc) is 0. The van der Waals surface area contributed by atoms with Gasteiger partial charge in [0.1, 0.15) is 0 Å².